The fourth-order valence-corrected chi connectivity index (χ4v) is 2.71. The summed E-state index contributed by atoms with van der Waals surface area (Å²) >= 11 is 0. The van der Waals surface area contributed by atoms with E-state index in [9.17, 15) is 4.79 Å². The number of nitrogens with one attached hydrogen (secondary N) is 1. The molecule has 6 heteroatoms. The van der Waals surface area contributed by atoms with Crippen LogP contribution in [0.25, 0.3) is 0 Å². The molecule has 0 spiro atoms. The highest BCUT2D eigenvalue weighted by Gasteiger charge is 2.27. The van der Waals surface area contributed by atoms with Crippen molar-refractivity contribution in [1.29, 1.82) is 0 Å². The van der Waals surface area contributed by atoms with Gasteiger partial charge in [0.2, 0.25) is 0 Å². The van der Waals surface area contributed by atoms with E-state index in [4.69, 9.17) is 4.74 Å². The van der Waals surface area contributed by atoms with Crippen molar-refractivity contribution in [3.05, 3.63) is 24.3 Å². The van der Waals surface area contributed by atoms with Gasteiger partial charge in [-0.2, -0.15) is 0 Å². The Morgan fingerprint density at radius 3 is 2.91 bits per heavy atom. The first-order valence-electron chi connectivity index (χ1n) is 8.32. The quantitative estimate of drug-likeness (QED) is 0.924. The summed E-state index contributed by atoms with van der Waals surface area (Å²) in [7, 11) is 0. The number of rotatable bonds is 4. The molecule has 1 amide bonds. The lowest BCUT2D eigenvalue weighted by atomic mass is 9.98. The van der Waals surface area contributed by atoms with Gasteiger partial charge in [0.1, 0.15) is 5.60 Å². The molecule has 6 nitrogen and oxygen atoms in total. The lowest BCUT2D eigenvalue weighted by Gasteiger charge is -2.34. The van der Waals surface area contributed by atoms with Crippen LogP contribution in [0.15, 0.2) is 18.6 Å². The van der Waals surface area contributed by atoms with E-state index in [0.29, 0.717) is 5.92 Å². The fraction of sp³-hybridized carbons (Fsp3) is 0.706. The van der Waals surface area contributed by atoms with Crippen LogP contribution in [0, 0.1) is 5.92 Å². The van der Waals surface area contributed by atoms with E-state index in [2.05, 4.69) is 22.2 Å². The van der Waals surface area contributed by atoms with Gasteiger partial charge in [-0.15, -0.1) is 0 Å². The maximum absolute atomic E-state index is 12.2. The Morgan fingerprint density at radius 1 is 1.48 bits per heavy atom. The molecule has 1 saturated heterocycles. The molecule has 0 aromatic carbocycles. The molecule has 0 aliphatic carbocycles. The second kappa shape index (κ2) is 7.73. The fourth-order valence-electron chi connectivity index (χ4n) is 2.71. The maximum atomic E-state index is 12.2. The first kappa shape index (κ1) is 17.7. The average Bonchev–Trinajstić information content (AvgIpc) is 2.52. The minimum absolute atomic E-state index is 0.153. The van der Waals surface area contributed by atoms with Gasteiger partial charge in [-0.1, -0.05) is 0 Å². The summed E-state index contributed by atoms with van der Waals surface area (Å²) in [5.41, 5.74) is 0.496. The molecule has 1 aromatic heterocycles. The molecule has 1 fully saturated rings. The summed E-state index contributed by atoms with van der Waals surface area (Å²) < 4.78 is 5.47. The van der Waals surface area contributed by atoms with Gasteiger partial charge in [0.25, 0.3) is 0 Å². The molecule has 128 valence electrons. The highest BCUT2D eigenvalue weighted by atomic mass is 16.6. The number of aromatic nitrogens is 2. The van der Waals surface area contributed by atoms with Gasteiger partial charge < -0.3 is 15.0 Å². The summed E-state index contributed by atoms with van der Waals surface area (Å²) in [5, 5.41) is 3.50. The van der Waals surface area contributed by atoms with Gasteiger partial charge in [0.15, 0.2) is 0 Å². The van der Waals surface area contributed by atoms with Crippen LogP contribution in [0.4, 0.5) is 4.79 Å². The minimum atomic E-state index is -0.442. The van der Waals surface area contributed by atoms with Gasteiger partial charge in [-0.3, -0.25) is 9.97 Å². The van der Waals surface area contributed by atoms with E-state index >= 15 is 0 Å². The second-order valence-electron chi connectivity index (χ2n) is 7.19. The Balaban J connectivity index is 1.81. The number of nitrogens with zero attached hydrogens (tertiary/aromatic N) is 3. The summed E-state index contributed by atoms with van der Waals surface area (Å²) in [5.74, 6) is 0.440. The van der Waals surface area contributed by atoms with Crippen LogP contribution in [-0.4, -0.2) is 46.2 Å². The molecule has 0 unspecified atom stereocenters. The first-order valence-corrected chi connectivity index (χ1v) is 8.32. The Bertz CT molecular complexity index is 501. The van der Waals surface area contributed by atoms with Gasteiger partial charge in [0, 0.05) is 44.3 Å². The molecule has 1 aliphatic rings. The van der Waals surface area contributed by atoms with E-state index in [0.717, 1.165) is 38.2 Å². The van der Waals surface area contributed by atoms with Crippen molar-refractivity contribution in [2.75, 3.05) is 19.6 Å². The van der Waals surface area contributed by atoms with E-state index in [1.165, 1.54) is 0 Å². The zero-order valence-corrected chi connectivity index (χ0v) is 14.6. The van der Waals surface area contributed by atoms with Crippen molar-refractivity contribution in [3.8, 4) is 0 Å². The number of carbonyl (C=O) groups excluding carboxylic acids is 1. The maximum Gasteiger partial charge on any atom is 0.410 e. The molecular formula is C17H28N4O2. The van der Waals surface area contributed by atoms with Crippen molar-refractivity contribution in [2.24, 2.45) is 5.92 Å². The molecule has 1 aliphatic heterocycles. The highest BCUT2D eigenvalue weighted by molar-refractivity contribution is 5.68. The van der Waals surface area contributed by atoms with E-state index in [-0.39, 0.29) is 12.1 Å². The van der Waals surface area contributed by atoms with Gasteiger partial charge in [-0.05, 0) is 46.5 Å². The minimum Gasteiger partial charge on any atom is -0.444 e. The van der Waals surface area contributed by atoms with Crippen LogP contribution >= 0.6 is 0 Å². The topological polar surface area (TPSA) is 67.4 Å². The van der Waals surface area contributed by atoms with Crippen LogP contribution in [0.3, 0.4) is 0 Å². The predicted molar refractivity (Wildman–Crippen MR) is 89.0 cm³/mol. The largest absolute Gasteiger partial charge is 0.444 e. The SMILES string of the molecule is C[C@@H](NC[C@H]1CCCN(C(=O)OC(C)(C)C)C1)c1cnccn1. The van der Waals surface area contributed by atoms with Crippen LogP contribution in [0.2, 0.25) is 0 Å². The number of carbonyl (C=O) groups is 1. The molecule has 0 saturated carbocycles. The molecule has 1 N–H and O–H groups in total. The predicted octanol–water partition coefficient (Wildman–Crippen LogP) is 2.77. The number of hydrogen-bond acceptors (Lipinski definition) is 5. The third kappa shape index (κ3) is 5.78. The number of ether oxygens (including phenoxy) is 1. The Morgan fingerprint density at radius 2 is 2.26 bits per heavy atom. The smallest absolute Gasteiger partial charge is 0.410 e. The van der Waals surface area contributed by atoms with Crippen molar-refractivity contribution in [3.63, 3.8) is 0 Å². The average molecular weight is 320 g/mol. The van der Waals surface area contributed by atoms with E-state index in [1.807, 2.05) is 25.7 Å². The summed E-state index contributed by atoms with van der Waals surface area (Å²) in [6, 6.07) is 0.153. The number of amides is 1. The van der Waals surface area contributed by atoms with Gasteiger partial charge >= 0.3 is 6.09 Å². The molecular weight excluding hydrogens is 292 g/mol. The zero-order valence-electron chi connectivity index (χ0n) is 14.6. The van der Waals surface area contributed by atoms with Crippen molar-refractivity contribution >= 4 is 6.09 Å². The molecule has 0 radical (unpaired) electrons. The number of likely N-dealkylation sites (tertiary alicyclic amines) is 1. The van der Waals surface area contributed by atoms with Crippen LogP contribution in [0.5, 0.6) is 0 Å². The van der Waals surface area contributed by atoms with Crippen molar-refractivity contribution in [2.45, 2.75) is 52.2 Å². The molecule has 1 aromatic rings. The third-order valence-corrected chi connectivity index (χ3v) is 3.91. The summed E-state index contributed by atoms with van der Waals surface area (Å²) in [6.07, 6.45) is 7.11. The van der Waals surface area contributed by atoms with Crippen LogP contribution in [-0.2, 0) is 4.74 Å². The second-order valence-corrected chi connectivity index (χ2v) is 7.19. The number of piperidine rings is 1. The summed E-state index contributed by atoms with van der Waals surface area (Å²) in [4.78, 5) is 22.4. The molecule has 2 heterocycles. The lowest BCUT2D eigenvalue weighted by Crippen LogP contribution is -2.45. The molecule has 2 atom stereocenters. The standard InChI is InChI=1S/C17H28N4O2/c1-13(15-11-18-7-8-19-15)20-10-14-6-5-9-21(12-14)16(22)23-17(2,3)4/h7-8,11,13-14,20H,5-6,9-10,12H2,1-4H3/t13-,14-/m1/s1. The van der Waals surface area contributed by atoms with Crippen LogP contribution < -0.4 is 5.32 Å². The Hall–Kier alpha value is -1.69. The van der Waals surface area contributed by atoms with Crippen LogP contribution in [0.1, 0.15) is 52.3 Å². The highest BCUT2D eigenvalue weighted by Crippen LogP contribution is 2.19. The molecule has 23 heavy (non-hydrogen) atoms. The van der Waals surface area contributed by atoms with Gasteiger partial charge in [-0.25, -0.2) is 4.79 Å². The van der Waals surface area contributed by atoms with E-state index in [1.54, 1.807) is 18.6 Å². The monoisotopic (exact) mass is 320 g/mol. The number of hydrogen-bond donors (Lipinski definition) is 1. The van der Waals surface area contributed by atoms with E-state index < -0.39 is 5.60 Å². The normalized spacial score (nSPS) is 20.2. The Labute approximate surface area is 138 Å². The third-order valence-electron chi connectivity index (χ3n) is 3.91. The van der Waals surface area contributed by atoms with Crippen molar-refractivity contribution in [1.82, 2.24) is 20.2 Å². The summed E-state index contributed by atoms with van der Waals surface area (Å²) in [6.45, 7) is 10.2. The first-order chi connectivity index (χ1) is 10.8. The molecule has 0 bridgehead atoms. The Kier molecular flexibility index (Phi) is 5.93. The van der Waals surface area contributed by atoms with Gasteiger partial charge in [0.05, 0.1) is 5.69 Å². The van der Waals surface area contributed by atoms with Crippen molar-refractivity contribution < 1.29 is 9.53 Å². The lowest BCUT2D eigenvalue weighted by molar-refractivity contribution is 0.0165. The zero-order chi connectivity index (χ0) is 16.9. The molecule has 2 rings (SSSR count).